The molecular formula is C9H10N2O. The molecule has 3 nitrogen and oxygen atoms in total. The van der Waals surface area contributed by atoms with Crippen LogP contribution in [0.3, 0.4) is 0 Å². The largest absolute Gasteiger partial charge is 0.395 e. The molecule has 3 heteroatoms. The number of aromatic nitrogens is 1. The average molecular weight is 162 g/mol. The minimum Gasteiger partial charge on any atom is -0.395 e. The van der Waals surface area contributed by atoms with Gasteiger partial charge < -0.3 is 10.8 Å². The number of rotatable bonds is 1. The molecule has 1 aromatic heterocycles. The number of anilines is 1. The van der Waals surface area contributed by atoms with E-state index in [9.17, 15) is 0 Å². The van der Waals surface area contributed by atoms with Crippen molar-refractivity contribution < 1.29 is 5.11 Å². The van der Waals surface area contributed by atoms with Crippen molar-refractivity contribution in [3.8, 4) is 11.8 Å². The molecule has 1 aromatic rings. The van der Waals surface area contributed by atoms with Crippen molar-refractivity contribution in [2.75, 3.05) is 12.3 Å². The number of pyridine rings is 1. The smallest absolute Gasteiger partial charge is 0.124 e. The van der Waals surface area contributed by atoms with Gasteiger partial charge in [-0.1, -0.05) is 11.8 Å². The lowest BCUT2D eigenvalue weighted by Gasteiger charge is -1.91. The quantitative estimate of drug-likeness (QED) is 0.587. The van der Waals surface area contributed by atoms with Crippen LogP contribution in [0.2, 0.25) is 0 Å². The van der Waals surface area contributed by atoms with E-state index in [1.807, 2.05) is 0 Å². The predicted molar refractivity (Wildman–Crippen MR) is 47.2 cm³/mol. The first-order valence-corrected chi connectivity index (χ1v) is 3.64. The van der Waals surface area contributed by atoms with Gasteiger partial charge in [-0.25, -0.2) is 4.98 Å². The maximum atomic E-state index is 8.46. The summed E-state index contributed by atoms with van der Waals surface area (Å²) in [4.78, 5) is 3.83. The van der Waals surface area contributed by atoms with Crippen LogP contribution in [0.5, 0.6) is 0 Å². The van der Waals surface area contributed by atoms with E-state index in [0.29, 0.717) is 12.2 Å². The van der Waals surface area contributed by atoms with E-state index in [4.69, 9.17) is 10.8 Å². The molecule has 0 radical (unpaired) electrons. The molecule has 0 saturated heterocycles. The fourth-order valence-electron chi connectivity index (χ4n) is 0.747. The molecule has 0 spiro atoms. The van der Waals surface area contributed by atoms with E-state index in [-0.39, 0.29) is 6.61 Å². The molecule has 0 aliphatic rings. The zero-order valence-corrected chi connectivity index (χ0v) is 6.62. The summed E-state index contributed by atoms with van der Waals surface area (Å²) in [5, 5.41) is 8.46. The minimum absolute atomic E-state index is 0.0908. The highest BCUT2D eigenvalue weighted by Gasteiger charge is 1.87. The Morgan fingerprint density at radius 2 is 2.42 bits per heavy atom. The van der Waals surface area contributed by atoms with Crippen molar-refractivity contribution in [2.24, 2.45) is 0 Å². The molecular weight excluding hydrogens is 152 g/mol. The Morgan fingerprint density at radius 3 is 3.08 bits per heavy atom. The summed E-state index contributed by atoms with van der Waals surface area (Å²) in [5.41, 5.74) is 6.26. The number of nitrogens with zero attached hydrogens (tertiary/aromatic N) is 1. The summed E-state index contributed by atoms with van der Waals surface area (Å²) in [6, 6.07) is 3.48. The average Bonchev–Trinajstić information content (AvgIpc) is 2.05. The molecule has 0 atom stereocenters. The van der Waals surface area contributed by atoms with Crippen LogP contribution in [-0.4, -0.2) is 16.7 Å². The third-order valence-corrected chi connectivity index (χ3v) is 1.25. The van der Waals surface area contributed by atoms with Crippen LogP contribution in [-0.2, 0) is 0 Å². The predicted octanol–water partition coefficient (Wildman–Crippen LogP) is 0.398. The van der Waals surface area contributed by atoms with Gasteiger partial charge in [0.25, 0.3) is 0 Å². The number of aliphatic hydroxyl groups excluding tert-OH is 1. The van der Waals surface area contributed by atoms with Gasteiger partial charge in [0.05, 0.1) is 6.61 Å². The van der Waals surface area contributed by atoms with Gasteiger partial charge in [0.1, 0.15) is 5.82 Å². The summed E-state index contributed by atoms with van der Waals surface area (Å²) in [7, 11) is 0. The van der Waals surface area contributed by atoms with Crippen LogP contribution in [0.25, 0.3) is 0 Å². The van der Waals surface area contributed by atoms with Gasteiger partial charge in [0, 0.05) is 18.2 Å². The molecule has 62 valence electrons. The first-order chi connectivity index (χ1) is 5.83. The molecule has 1 rings (SSSR count). The topological polar surface area (TPSA) is 59.1 Å². The van der Waals surface area contributed by atoms with Gasteiger partial charge >= 0.3 is 0 Å². The molecule has 0 aliphatic carbocycles. The number of hydrogen-bond donors (Lipinski definition) is 2. The molecule has 0 aliphatic heterocycles. The fraction of sp³-hybridized carbons (Fsp3) is 0.222. The Kier molecular flexibility index (Phi) is 3.12. The summed E-state index contributed by atoms with van der Waals surface area (Å²) < 4.78 is 0. The molecule has 0 unspecified atom stereocenters. The van der Waals surface area contributed by atoms with E-state index in [2.05, 4.69) is 16.8 Å². The normalized spacial score (nSPS) is 8.75. The first-order valence-electron chi connectivity index (χ1n) is 3.64. The van der Waals surface area contributed by atoms with Gasteiger partial charge in [-0.05, 0) is 12.1 Å². The van der Waals surface area contributed by atoms with Crippen LogP contribution in [0.1, 0.15) is 12.0 Å². The number of nitrogens with two attached hydrogens (primary N) is 1. The second-order valence-corrected chi connectivity index (χ2v) is 2.24. The van der Waals surface area contributed by atoms with E-state index < -0.39 is 0 Å². The monoisotopic (exact) mass is 162 g/mol. The van der Waals surface area contributed by atoms with E-state index in [0.717, 1.165) is 5.56 Å². The van der Waals surface area contributed by atoms with Crippen LogP contribution in [0, 0.1) is 11.8 Å². The Hall–Kier alpha value is -1.53. The highest BCUT2D eigenvalue weighted by atomic mass is 16.2. The van der Waals surface area contributed by atoms with Crippen LogP contribution in [0.15, 0.2) is 18.3 Å². The third kappa shape index (κ3) is 2.60. The molecule has 0 saturated carbocycles. The summed E-state index contributed by atoms with van der Waals surface area (Å²) in [6.45, 7) is 0.0908. The second-order valence-electron chi connectivity index (χ2n) is 2.24. The van der Waals surface area contributed by atoms with Gasteiger partial charge in [0.15, 0.2) is 0 Å². The lowest BCUT2D eigenvalue weighted by Crippen LogP contribution is -1.89. The summed E-state index contributed by atoms with van der Waals surface area (Å²) in [5.74, 6) is 6.12. The van der Waals surface area contributed by atoms with Crippen LogP contribution in [0.4, 0.5) is 5.82 Å². The van der Waals surface area contributed by atoms with Crippen LogP contribution >= 0.6 is 0 Å². The van der Waals surface area contributed by atoms with Gasteiger partial charge in [-0.2, -0.15) is 0 Å². The third-order valence-electron chi connectivity index (χ3n) is 1.25. The number of hydrogen-bond acceptors (Lipinski definition) is 3. The van der Waals surface area contributed by atoms with Crippen LogP contribution < -0.4 is 5.73 Å². The van der Waals surface area contributed by atoms with Crippen molar-refractivity contribution in [2.45, 2.75) is 6.42 Å². The molecule has 0 fully saturated rings. The zero-order valence-electron chi connectivity index (χ0n) is 6.62. The summed E-state index contributed by atoms with van der Waals surface area (Å²) in [6.07, 6.45) is 2.10. The van der Waals surface area contributed by atoms with Crippen molar-refractivity contribution in [3.05, 3.63) is 23.9 Å². The van der Waals surface area contributed by atoms with E-state index in [1.54, 1.807) is 18.3 Å². The zero-order chi connectivity index (χ0) is 8.81. The van der Waals surface area contributed by atoms with E-state index >= 15 is 0 Å². The molecule has 12 heavy (non-hydrogen) atoms. The van der Waals surface area contributed by atoms with Gasteiger partial charge in [0.2, 0.25) is 0 Å². The standard InChI is InChI=1S/C9H10N2O/c10-9-7-8(4-5-11-9)3-1-2-6-12/h4-5,7,12H,2,6H2,(H2,10,11). The van der Waals surface area contributed by atoms with Crippen molar-refractivity contribution in [1.82, 2.24) is 4.98 Å². The Morgan fingerprint density at radius 1 is 1.58 bits per heavy atom. The molecule has 1 heterocycles. The van der Waals surface area contributed by atoms with Crippen molar-refractivity contribution in [3.63, 3.8) is 0 Å². The highest BCUT2D eigenvalue weighted by molar-refractivity contribution is 5.41. The number of aliphatic hydroxyl groups is 1. The molecule has 0 amide bonds. The van der Waals surface area contributed by atoms with Gasteiger partial charge in [-0.3, -0.25) is 0 Å². The Labute approximate surface area is 71.2 Å². The Balaban J connectivity index is 2.71. The maximum Gasteiger partial charge on any atom is 0.124 e. The SMILES string of the molecule is Nc1cc(C#CCCO)ccn1. The van der Waals surface area contributed by atoms with Crippen molar-refractivity contribution >= 4 is 5.82 Å². The fourth-order valence-corrected chi connectivity index (χ4v) is 0.747. The summed E-state index contributed by atoms with van der Waals surface area (Å²) >= 11 is 0. The molecule has 3 N–H and O–H groups in total. The highest BCUT2D eigenvalue weighted by Crippen LogP contribution is 2.00. The van der Waals surface area contributed by atoms with Crippen molar-refractivity contribution in [1.29, 1.82) is 0 Å². The maximum absolute atomic E-state index is 8.46. The second kappa shape index (κ2) is 4.37. The van der Waals surface area contributed by atoms with E-state index in [1.165, 1.54) is 0 Å². The lowest BCUT2D eigenvalue weighted by atomic mass is 10.2. The molecule has 0 aromatic carbocycles. The lowest BCUT2D eigenvalue weighted by molar-refractivity contribution is 0.305. The first kappa shape index (κ1) is 8.57. The number of nitrogen functional groups attached to an aromatic ring is 1. The Bertz CT molecular complexity index is 312. The minimum atomic E-state index is 0.0908. The molecule has 0 bridgehead atoms. The van der Waals surface area contributed by atoms with Gasteiger partial charge in [-0.15, -0.1) is 0 Å².